The summed E-state index contributed by atoms with van der Waals surface area (Å²) in [4.78, 5) is 34.1. The monoisotopic (exact) mass is 450 g/mol. The Kier molecular flexibility index (Phi) is 7.96. The van der Waals surface area contributed by atoms with Crippen LogP contribution in [0.25, 0.3) is 0 Å². The van der Waals surface area contributed by atoms with E-state index in [0.29, 0.717) is 22.8 Å². The molecule has 0 aliphatic rings. The van der Waals surface area contributed by atoms with Gasteiger partial charge in [0, 0.05) is 12.1 Å². The highest BCUT2D eigenvalue weighted by Gasteiger charge is 2.10. The summed E-state index contributed by atoms with van der Waals surface area (Å²) in [5.41, 5.74) is 1.55. The zero-order valence-corrected chi connectivity index (χ0v) is 17.9. The van der Waals surface area contributed by atoms with Gasteiger partial charge >= 0.3 is 5.97 Å². The summed E-state index contributed by atoms with van der Waals surface area (Å²) in [5.74, 6) is 0.491. The number of nitro groups is 1. The lowest BCUT2D eigenvalue weighted by Gasteiger charge is -2.10. The number of esters is 1. The van der Waals surface area contributed by atoms with Crippen LogP contribution in [-0.4, -0.2) is 30.0 Å². The summed E-state index contributed by atoms with van der Waals surface area (Å²) >= 11 is 0. The van der Waals surface area contributed by atoms with Gasteiger partial charge in [-0.05, 0) is 48.4 Å². The second-order valence-electron chi connectivity index (χ2n) is 6.99. The lowest BCUT2D eigenvalue weighted by Crippen LogP contribution is -2.34. The van der Waals surface area contributed by atoms with Crippen molar-refractivity contribution >= 4 is 17.6 Å². The van der Waals surface area contributed by atoms with Crippen molar-refractivity contribution in [2.75, 3.05) is 13.2 Å². The maximum atomic E-state index is 11.9. The third-order valence-electron chi connectivity index (χ3n) is 4.46. The van der Waals surface area contributed by atoms with E-state index in [1.165, 1.54) is 24.3 Å². The molecule has 0 aliphatic heterocycles. The molecule has 1 N–H and O–H groups in total. The third kappa shape index (κ3) is 7.35. The summed E-state index contributed by atoms with van der Waals surface area (Å²) in [6, 6.07) is 19.9. The minimum atomic E-state index is -0.596. The van der Waals surface area contributed by atoms with E-state index < -0.39 is 16.8 Å². The zero-order valence-electron chi connectivity index (χ0n) is 17.9. The van der Waals surface area contributed by atoms with Gasteiger partial charge in [-0.25, -0.2) is 0 Å². The van der Waals surface area contributed by atoms with Crippen molar-refractivity contribution in [1.82, 2.24) is 5.32 Å². The number of nitrogens with zero attached hydrogens (tertiary/aromatic N) is 1. The molecular weight excluding hydrogens is 428 g/mol. The Morgan fingerprint density at radius 2 is 1.73 bits per heavy atom. The molecule has 0 aromatic heterocycles. The number of ether oxygens (including phenoxy) is 3. The van der Waals surface area contributed by atoms with Gasteiger partial charge in [-0.3, -0.25) is 19.7 Å². The predicted molar refractivity (Wildman–Crippen MR) is 119 cm³/mol. The number of amides is 1. The zero-order chi connectivity index (χ0) is 23.6. The van der Waals surface area contributed by atoms with Crippen molar-refractivity contribution in [1.29, 1.82) is 0 Å². The summed E-state index contributed by atoms with van der Waals surface area (Å²) in [7, 11) is 0. The Morgan fingerprint density at radius 3 is 2.45 bits per heavy atom. The van der Waals surface area contributed by atoms with Gasteiger partial charge in [0.2, 0.25) is 0 Å². The molecule has 0 bridgehead atoms. The smallest absolute Gasteiger partial charge is 0.325 e. The van der Waals surface area contributed by atoms with Gasteiger partial charge in [-0.2, -0.15) is 0 Å². The minimum absolute atomic E-state index is 0.00806. The van der Waals surface area contributed by atoms with Crippen LogP contribution in [0.15, 0.2) is 72.8 Å². The summed E-state index contributed by atoms with van der Waals surface area (Å²) in [6.07, 6.45) is 0. The van der Waals surface area contributed by atoms with Gasteiger partial charge < -0.3 is 19.5 Å². The van der Waals surface area contributed by atoms with E-state index in [0.717, 1.165) is 5.56 Å². The van der Waals surface area contributed by atoms with Crippen molar-refractivity contribution < 1.29 is 28.7 Å². The molecule has 33 heavy (non-hydrogen) atoms. The van der Waals surface area contributed by atoms with Crippen LogP contribution in [0.4, 0.5) is 5.69 Å². The molecule has 0 aliphatic carbocycles. The van der Waals surface area contributed by atoms with Crippen LogP contribution >= 0.6 is 0 Å². The first-order chi connectivity index (χ1) is 15.9. The van der Waals surface area contributed by atoms with Crippen LogP contribution in [-0.2, 0) is 20.9 Å². The molecule has 0 radical (unpaired) electrons. The standard InChI is InChI=1S/C24H22N2O7/c1-17-5-2-3-8-22(17)31-16-23(27)25-14-24(28)32-15-18-6-4-7-21(13-18)33-20-11-9-19(10-12-20)26(29)30/h2-13H,14-16H2,1H3,(H,25,27). The van der Waals surface area contributed by atoms with E-state index >= 15 is 0 Å². The van der Waals surface area contributed by atoms with Crippen molar-refractivity contribution in [2.45, 2.75) is 13.5 Å². The average Bonchev–Trinajstić information content (AvgIpc) is 2.81. The second kappa shape index (κ2) is 11.3. The molecule has 3 rings (SSSR count). The van der Waals surface area contributed by atoms with Crippen LogP contribution < -0.4 is 14.8 Å². The molecule has 0 atom stereocenters. The average molecular weight is 450 g/mol. The first-order valence-corrected chi connectivity index (χ1v) is 10.0. The maximum absolute atomic E-state index is 11.9. The van der Waals surface area contributed by atoms with Crippen LogP contribution in [0.1, 0.15) is 11.1 Å². The first kappa shape index (κ1) is 23.3. The van der Waals surface area contributed by atoms with E-state index in [9.17, 15) is 19.7 Å². The molecule has 170 valence electrons. The van der Waals surface area contributed by atoms with Crippen molar-refractivity contribution in [3.05, 3.63) is 94.0 Å². The van der Waals surface area contributed by atoms with Crippen molar-refractivity contribution in [2.24, 2.45) is 0 Å². The molecule has 0 heterocycles. The van der Waals surface area contributed by atoms with E-state index in [2.05, 4.69) is 5.32 Å². The van der Waals surface area contributed by atoms with Gasteiger partial charge in [0.05, 0.1) is 4.92 Å². The molecule has 3 aromatic carbocycles. The fourth-order valence-electron chi connectivity index (χ4n) is 2.77. The number of nitrogens with one attached hydrogen (secondary N) is 1. The number of carbonyl (C=O) groups is 2. The van der Waals surface area contributed by atoms with Crippen LogP contribution in [0.5, 0.6) is 17.2 Å². The first-order valence-electron chi connectivity index (χ1n) is 10.0. The van der Waals surface area contributed by atoms with Crippen LogP contribution in [0.2, 0.25) is 0 Å². The number of para-hydroxylation sites is 1. The maximum Gasteiger partial charge on any atom is 0.325 e. The molecule has 9 nitrogen and oxygen atoms in total. The molecule has 9 heteroatoms. The van der Waals surface area contributed by atoms with Crippen LogP contribution in [0.3, 0.4) is 0 Å². The fraction of sp³-hybridized carbons (Fsp3) is 0.167. The highest BCUT2D eigenvalue weighted by Crippen LogP contribution is 2.24. The van der Waals surface area contributed by atoms with Crippen LogP contribution in [0, 0.1) is 17.0 Å². The van der Waals surface area contributed by atoms with Gasteiger partial charge in [-0.1, -0.05) is 30.3 Å². The van der Waals surface area contributed by atoms with Crippen molar-refractivity contribution in [3.8, 4) is 17.2 Å². The Balaban J connectivity index is 1.42. The van der Waals surface area contributed by atoms with E-state index in [1.54, 1.807) is 30.3 Å². The lowest BCUT2D eigenvalue weighted by atomic mass is 10.2. The molecule has 1 amide bonds. The predicted octanol–water partition coefficient (Wildman–Crippen LogP) is 3.93. The highest BCUT2D eigenvalue weighted by molar-refractivity contribution is 5.82. The number of non-ortho nitro benzene ring substituents is 1. The number of nitro benzene ring substituents is 1. The number of carbonyl (C=O) groups excluding carboxylic acids is 2. The molecular formula is C24H22N2O7. The fourth-order valence-corrected chi connectivity index (χ4v) is 2.77. The summed E-state index contributed by atoms with van der Waals surface area (Å²) in [5, 5.41) is 13.2. The van der Waals surface area contributed by atoms with E-state index in [1.807, 2.05) is 25.1 Å². The van der Waals surface area contributed by atoms with Gasteiger partial charge in [0.1, 0.15) is 30.4 Å². The molecule has 0 spiro atoms. The number of aryl methyl sites for hydroxylation is 1. The quantitative estimate of drug-likeness (QED) is 0.282. The Morgan fingerprint density at radius 1 is 0.970 bits per heavy atom. The Labute approximate surface area is 190 Å². The van der Waals surface area contributed by atoms with Gasteiger partial charge in [0.25, 0.3) is 11.6 Å². The Hall–Kier alpha value is -4.40. The number of rotatable bonds is 10. The summed E-state index contributed by atoms with van der Waals surface area (Å²) < 4.78 is 16.3. The molecule has 0 unspecified atom stereocenters. The SMILES string of the molecule is Cc1ccccc1OCC(=O)NCC(=O)OCc1cccc(Oc2ccc([N+](=O)[O-])cc2)c1. The third-order valence-corrected chi connectivity index (χ3v) is 4.46. The lowest BCUT2D eigenvalue weighted by molar-refractivity contribution is -0.384. The minimum Gasteiger partial charge on any atom is -0.484 e. The number of benzene rings is 3. The normalized spacial score (nSPS) is 10.2. The second-order valence-corrected chi connectivity index (χ2v) is 6.99. The number of hydrogen-bond acceptors (Lipinski definition) is 7. The van der Waals surface area contributed by atoms with Gasteiger partial charge in [-0.15, -0.1) is 0 Å². The van der Waals surface area contributed by atoms with E-state index in [-0.39, 0.29) is 25.4 Å². The largest absolute Gasteiger partial charge is 0.484 e. The number of hydrogen-bond donors (Lipinski definition) is 1. The molecule has 0 saturated carbocycles. The van der Waals surface area contributed by atoms with Crippen molar-refractivity contribution in [3.63, 3.8) is 0 Å². The Bertz CT molecular complexity index is 1130. The molecule has 3 aromatic rings. The summed E-state index contributed by atoms with van der Waals surface area (Å²) in [6.45, 7) is 1.37. The molecule has 0 saturated heterocycles. The topological polar surface area (TPSA) is 117 Å². The van der Waals surface area contributed by atoms with E-state index in [4.69, 9.17) is 14.2 Å². The highest BCUT2D eigenvalue weighted by atomic mass is 16.6. The molecule has 0 fully saturated rings. The van der Waals surface area contributed by atoms with Gasteiger partial charge in [0.15, 0.2) is 6.61 Å².